The molecular formula is C24H27FN4O3S. The number of sulfonamides is 1. The molecule has 33 heavy (non-hydrogen) atoms. The number of hydrogen-bond donors (Lipinski definition) is 1. The molecule has 174 valence electrons. The molecule has 3 aromatic rings. The van der Waals surface area contributed by atoms with Crippen molar-refractivity contribution in [3.8, 4) is 5.69 Å². The predicted molar refractivity (Wildman–Crippen MR) is 124 cm³/mol. The van der Waals surface area contributed by atoms with Gasteiger partial charge in [-0.3, -0.25) is 4.79 Å². The molecule has 0 radical (unpaired) electrons. The Morgan fingerprint density at radius 1 is 1.12 bits per heavy atom. The third-order valence-corrected chi connectivity index (χ3v) is 7.69. The molecule has 2 atom stereocenters. The van der Waals surface area contributed by atoms with Crippen molar-refractivity contribution in [2.75, 3.05) is 18.4 Å². The maximum atomic E-state index is 14.7. The molecule has 0 spiro atoms. The second-order valence-corrected chi connectivity index (χ2v) is 10.7. The Morgan fingerprint density at radius 3 is 2.48 bits per heavy atom. The van der Waals surface area contributed by atoms with Gasteiger partial charge < -0.3 is 9.88 Å². The highest BCUT2D eigenvalue weighted by molar-refractivity contribution is 7.89. The molecular weight excluding hydrogens is 443 g/mol. The lowest BCUT2D eigenvalue weighted by atomic mass is 9.94. The smallest absolute Gasteiger partial charge is 0.255 e. The zero-order valence-electron chi connectivity index (χ0n) is 18.8. The maximum absolute atomic E-state index is 14.7. The van der Waals surface area contributed by atoms with Gasteiger partial charge in [-0.25, -0.2) is 17.8 Å². The first-order chi connectivity index (χ1) is 15.6. The molecule has 0 saturated carbocycles. The fourth-order valence-electron chi connectivity index (χ4n) is 4.36. The Hall–Kier alpha value is -3.04. The van der Waals surface area contributed by atoms with Gasteiger partial charge in [-0.05, 0) is 61.6 Å². The summed E-state index contributed by atoms with van der Waals surface area (Å²) in [4.78, 5) is 17.0. The van der Waals surface area contributed by atoms with Crippen LogP contribution in [-0.4, -0.2) is 41.3 Å². The van der Waals surface area contributed by atoms with Crippen LogP contribution in [0.1, 0.15) is 36.5 Å². The first-order valence-corrected chi connectivity index (χ1v) is 12.3. The number of amides is 1. The van der Waals surface area contributed by atoms with E-state index in [9.17, 15) is 17.6 Å². The van der Waals surface area contributed by atoms with E-state index >= 15 is 0 Å². The Bertz CT molecular complexity index is 1280. The van der Waals surface area contributed by atoms with Crippen molar-refractivity contribution >= 4 is 21.6 Å². The van der Waals surface area contributed by atoms with Crippen LogP contribution < -0.4 is 5.32 Å². The Labute approximate surface area is 193 Å². The number of nitrogens with one attached hydrogen (secondary N) is 1. The summed E-state index contributed by atoms with van der Waals surface area (Å²) >= 11 is 0. The van der Waals surface area contributed by atoms with Crippen LogP contribution >= 0.6 is 0 Å². The third-order valence-electron chi connectivity index (χ3n) is 5.86. The van der Waals surface area contributed by atoms with Gasteiger partial charge in [0.1, 0.15) is 11.6 Å². The maximum Gasteiger partial charge on any atom is 0.255 e. The number of rotatable bonds is 5. The monoisotopic (exact) mass is 470 g/mol. The molecule has 1 saturated heterocycles. The Kier molecular flexibility index (Phi) is 6.36. The van der Waals surface area contributed by atoms with Gasteiger partial charge in [0, 0.05) is 36.7 Å². The van der Waals surface area contributed by atoms with Crippen molar-refractivity contribution < 1.29 is 17.6 Å². The minimum Gasteiger partial charge on any atom is -0.322 e. The van der Waals surface area contributed by atoms with Gasteiger partial charge in [0.2, 0.25) is 10.0 Å². The van der Waals surface area contributed by atoms with Crippen molar-refractivity contribution in [2.24, 2.45) is 11.8 Å². The predicted octanol–water partition coefficient (Wildman–Crippen LogP) is 4.24. The fourth-order valence-corrected chi connectivity index (χ4v) is 6.09. The summed E-state index contributed by atoms with van der Waals surface area (Å²) in [5.41, 5.74) is 0.774. The second-order valence-electron chi connectivity index (χ2n) is 8.76. The molecule has 2 heterocycles. The number of hydrogen-bond acceptors (Lipinski definition) is 4. The molecule has 0 aliphatic carbocycles. The number of anilines is 1. The molecule has 1 aromatic heterocycles. The minimum absolute atomic E-state index is 0.0774. The largest absolute Gasteiger partial charge is 0.322 e. The molecule has 9 heteroatoms. The van der Waals surface area contributed by atoms with E-state index in [0.717, 1.165) is 6.42 Å². The van der Waals surface area contributed by atoms with Gasteiger partial charge in [0.25, 0.3) is 5.91 Å². The van der Waals surface area contributed by atoms with E-state index in [0.29, 0.717) is 24.6 Å². The van der Waals surface area contributed by atoms with Crippen molar-refractivity contribution in [3.05, 3.63) is 72.1 Å². The third kappa shape index (κ3) is 4.84. The summed E-state index contributed by atoms with van der Waals surface area (Å²) in [6, 6.07) is 10.3. The van der Waals surface area contributed by atoms with Gasteiger partial charge in [0.15, 0.2) is 0 Å². The van der Waals surface area contributed by atoms with Crippen LogP contribution in [0, 0.1) is 24.6 Å². The number of piperidine rings is 1. The van der Waals surface area contributed by atoms with E-state index in [1.54, 1.807) is 42.1 Å². The van der Waals surface area contributed by atoms with E-state index in [1.807, 2.05) is 13.8 Å². The van der Waals surface area contributed by atoms with Crippen LogP contribution in [0.2, 0.25) is 0 Å². The molecule has 1 fully saturated rings. The number of aryl methyl sites for hydroxylation is 1. The summed E-state index contributed by atoms with van der Waals surface area (Å²) in [5.74, 6) is 0.163. The van der Waals surface area contributed by atoms with Crippen LogP contribution in [0.25, 0.3) is 5.69 Å². The highest BCUT2D eigenvalue weighted by Gasteiger charge is 2.32. The molecule has 1 aliphatic rings. The topological polar surface area (TPSA) is 84.3 Å². The number of carbonyl (C=O) groups is 1. The van der Waals surface area contributed by atoms with Gasteiger partial charge >= 0.3 is 0 Å². The quantitative estimate of drug-likeness (QED) is 0.605. The number of imidazole rings is 1. The fraction of sp³-hybridized carbons (Fsp3) is 0.333. The van der Waals surface area contributed by atoms with Crippen LogP contribution in [-0.2, 0) is 10.0 Å². The summed E-state index contributed by atoms with van der Waals surface area (Å²) in [7, 11) is -3.71. The molecule has 0 bridgehead atoms. The first kappa shape index (κ1) is 23.1. The average Bonchev–Trinajstić information content (AvgIpc) is 3.19. The van der Waals surface area contributed by atoms with E-state index in [4.69, 9.17) is 0 Å². The Balaban J connectivity index is 1.54. The highest BCUT2D eigenvalue weighted by atomic mass is 32.2. The van der Waals surface area contributed by atoms with Crippen LogP contribution in [0.5, 0.6) is 0 Å². The molecule has 1 N–H and O–H groups in total. The van der Waals surface area contributed by atoms with Crippen LogP contribution in [0.15, 0.2) is 59.8 Å². The van der Waals surface area contributed by atoms with E-state index in [1.165, 1.54) is 28.6 Å². The van der Waals surface area contributed by atoms with Crippen molar-refractivity contribution in [3.63, 3.8) is 0 Å². The molecule has 1 aliphatic heterocycles. The number of halogens is 1. The van der Waals surface area contributed by atoms with E-state index < -0.39 is 21.7 Å². The highest BCUT2D eigenvalue weighted by Crippen LogP contribution is 2.27. The molecule has 7 nitrogen and oxygen atoms in total. The van der Waals surface area contributed by atoms with Crippen molar-refractivity contribution in [2.45, 2.75) is 32.1 Å². The van der Waals surface area contributed by atoms with E-state index in [-0.39, 0.29) is 28.0 Å². The summed E-state index contributed by atoms with van der Waals surface area (Å²) in [6.45, 7) is 6.78. The van der Waals surface area contributed by atoms with Gasteiger partial charge in [0.05, 0.1) is 10.6 Å². The first-order valence-electron chi connectivity index (χ1n) is 10.9. The number of carbonyl (C=O) groups excluding carboxylic acids is 1. The summed E-state index contributed by atoms with van der Waals surface area (Å²) in [5, 5.41) is 2.65. The summed E-state index contributed by atoms with van der Waals surface area (Å²) in [6.07, 6.45) is 4.22. The second kappa shape index (κ2) is 9.07. The lowest BCUT2D eigenvalue weighted by Crippen LogP contribution is -2.42. The SMILES string of the molecule is Cc1nccn1-c1ccc(NC(=O)c2cccc(S(=O)(=O)N3CC(C)CC(C)C3)c2)cc1F. The zero-order valence-corrected chi connectivity index (χ0v) is 19.6. The molecule has 2 unspecified atom stereocenters. The lowest BCUT2D eigenvalue weighted by molar-refractivity contribution is 0.102. The van der Waals surface area contributed by atoms with Crippen LogP contribution in [0.3, 0.4) is 0 Å². The zero-order chi connectivity index (χ0) is 23.8. The molecule has 4 rings (SSSR count). The van der Waals surface area contributed by atoms with Crippen molar-refractivity contribution in [1.82, 2.24) is 13.9 Å². The van der Waals surface area contributed by atoms with Crippen molar-refractivity contribution in [1.29, 1.82) is 0 Å². The van der Waals surface area contributed by atoms with Gasteiger partial charge in [-0.2, -0.15) is 4.31 Å². The Morgan fingerprint density at radius 2 is 1.85 bits per heavy atom. The number of aromatic nitrogens is 2. The normalized spacial score (nSPS) is 19.4. The molecule has 1 amide bonds. The number of benzene rings is 2. The van der Waals surface area contributed by atoms with Gasteiger partial charge in [-0.1, -0.05) is 19.9 Å². The average molecular weight is 471 g/mol. The minimum atomic E-state index is -3.71. The molecule has 2 aromatic carbocycles. The van der Waals surface area contributed by atoms with Gasteiger partial charge in [-0.15, -0.1) is 0 Å². The van der Waals surface area contributed by atoms with Crippen LogP contribution in [0.4, 0.5) is 10.1 Å². The standard InChI is InChI=1S/C24H27FN4O3S/c1-16-11-17(2)15-28(14-16)33(31,32)21-6-4-5-19(12-21)24(30)27-20-7-8-23(22(25)13-20)29-10-9-26-18(29)3/h4-10,12-13,16-17H,11,14-15H2,1-3H3,(H,27,30). The summed E-state index contributed by atoms with van der Waals surface area (Å²) < 4.78 is 44.1. The number of nitrogens with zero attached hydrogens (tertiary/aromatic N) is 3. The lowest BCUT2D eigenvalue weighted by Gasteiger charge is -2.34. The van der Waals surface area contributed by atoms with E-state index in [2.05, 4.69) is 10.3 Å².